The van der Waals surface area contributed by atoms with E-state index in [-0.39, 0.29) is 6.04 Å². The molecule has 5 heteroatoms. The van der Waals surface area contributed by atoms with Gasteiger partial charge in [0.25, 0.3) is 0 Å². The molecule has 100 valence electrons. The number of sulfonamides is 1. The van der Waals surface area contributed by atoms with E-state index in [4.69, 9.17) is 5.73 Å². The molecule has 0 bridgehead atoms. The van der Waals surface area contributed by atoms with Crippen LogP contribution in [-0.2, 0) is 16.4 Å². The molecule has 0 heterocycles. The SMILES string of the molecule is CN(C)S(=O)(=O)c1ccccc1CC(N)C1CC1. The first kappa shape index (κ1) is 13.5. The van der Waals surface area contributed by atoms with Crippen LogP contribution in [0.4, 0.5) is 0 Å². The Morgan fingerprint density at radius 2 is 1.94 bits per heavy atom. The molecule has 0 aromatic heterocycles. The minimum absolute atomic E-state index is 0.0727. The van der Waals surface area contributed by atoms with Gasteiger partial charge in [0.2, 0.25) is 10.0 Å². The lowest BCUT2D eigenvalue weighted by molar-refractivity contribution is 0.517. The summed E-state index contributed by atoms with van der Waals surface area (Å²) >= 11 is 0. The van der Waals surface area contributed by atoms with Crippen LogP contribution < -0.4 is 5.73 Å². The van der Waals surface area contributed by atoms with Crippen LogP contribution in [0.3, 0.4) is 0 Å². The highest BCUT2D eigenvalue weighted by Crippen LogP contribution is 2.33. The zero-order chi connectivity index (χ0) is 13.3. The number of hydrogen-bond acceptors (Lipinski definition) is 3. The van der Waals surface area contributed by atoms with Crippen molar-refractivity contribution in [1.82, 2.24) is 4.31 Å². The first-order valence-electron chi connectivity index (χ1n) is 6.19. The van der Waals surface area contributed by atoms with E-state index in [0.717, 1.165) is 5.56 Å². The third kappa shape index (κ3) is 2.74. The normalized spacial score (nSPS) is 18.0. The van der Waals surface area contributed by atoms with Gasteiger partial charge in [0.15, 0.2) is 0 Å². The average Bonchev–Trinajstić information content (AvgIpc) is 3.13. The van der Waals surface area contributed by atoms with Crippen molar-refractivity contribution in [3.63, 3.8) is 0 Å². The largest absolute Gasteiger partial charge is 0.327 e. The van der Waals surface area contributed by atoms with Gasteiger partial charge in [0.05, 0.1) is 4.90 Å². The second kappa shape index (κ2) is 4.99. The minimum Gasteiger partial charge on any atom is -0.327 e. The van der Waals surface area contributed by atoms with Gasteiger partial charge in [-0.2, -0.15) is 0 Å². The van der Waals surface area contributed by atoms with E-state index in [1.165, 1.54) is 17.1 Å². The molecule has 1 aliphatic rings. The Kier molecular flexibility index (Phi) is 3.75. The van der Waals surface area contributed by atoms with Crippen LogP contribution in [0.2, 0.25) is 0 Å². The summed E-state index contributed by atoms with van der Waals surface area (Å²) in [6, 6.07) is 7.21. The molecule has 1 saturated carbocycles. The quantitative estimate of drug-likeness (QED) is 0.873. The van der Waals surface area contributed by atoms with Gasteiger partial charge in [0.1, 0.15) is 0 Å². The molecular weight excluding hydrogens is 248 g/mol. The Morgan fingerprint density at radius 3 is 2.50 bits per heavy atom. The van der Waals surface area contributed by atoms with E-state index >= 15 is 0 Å². The first-order valence-corrected chi connectivity index (χ1v) is 7.63. The van der Waals surface area contributed by atoms with Crippen molar-refractivity contribution in [2.75, 3.05) is 14.1 Å². The number of benzene rings is 1. The molecule has 2 N–H and O–H groups in total. The number of rotatable bonds is 5. The van der Waals surface area contributed by atoms with Crippen LogP contribution in [0.25, 0.3) is 0 Å². The summed E-state index contributed by atoms with van der Waals surface area (Å²) in [5, 5.41) is 0. The van der Waals surface area contributed by atoms with Crippen molar-refractivity contribution in [3.05, 3.63) is 29.8 Å². The maximum Gasteiger partial charge on any atom is 0.242 e. The molecule has 18 heavy (non-hydrogen) atoms. The molecular formula is C13H20N2O2S. The fraction of sp³-hybridized carbons (Fsp3) is 0.538. The van der Waals surface area contributed by atoms with Crippen molar-refractivity contribution >= 4 is 10.0 Å². The number of hydrogen-bond donors (Lipinski definition) is 1. The maximum atomic E-state index is 12.2. The monoisotopic (exact) mass is 268 g/mol. The van der Waals surface area contributed by atoms with E-state index in [0.29, 0.717) is 17.2 Å². The topological polar surface area (TPSA) is 63.4 Å². The molecule has 1 aromatic rings. The van der Waals surface area contributed by atoms with Gasteiger partial charge in [-0.25, -0.2) is 12.7 Å². The zero-order valence-corrected chi connectivity index (χ0v) is 11.7. The van der Waals surface area contributed by atoms with Gasteiger partial charge in [-0.15, -0.1) is 0 Å². The minimum atomic E-state index is -3.38. The van der Waals surface area contributed by atoms with Crippen molar-refractivity contribution < 1.29 is 8.42 Å². The summed E-state index contributed by atoms with van der Waals surface area (Å²) in [5.74, 6) is 0.570. The van der Waals surface area contributed by atoms with E-state index in [2.05, 4.69) is 0 Å². The molecule has 1 unspecified atom stereocenters. The van der Waals surface area contributed by atoms with Crippen molar-refractivity contribution in [3.8, 4) is 0 Å². The van der Waals surface area contributed by atoms with E-state index in [1.807, 2.05) is 12.1 Å². The second-order valence-corrected chi connectivity index (χ2v) is 7.22. The molecule has 0 amide bonds. The molecule has 1 atom stereocenters. The maximum absolute atomic E-state index is 12.2. The van der Waals surface area contributed by atoms with Crippen LogP contribution in [-0.4, -0.2) is 32.9 Å². The van der Waals surface area contributed by atoms with Crippen molar-refractivity contribution in [2.24, 2.45) is 11.7 Å². The lowest BCUT2D eigenvalue weighted by atomic mass is 10.0. The molecule has 0 aliphatic heterocycles. The molecule has 2 rings (SSSR count). The molecule has 1 aliphatic carbocycles. The van der Waals surface area contributed by atoms with Crippen LogP contribution in [0, 0.1) is 5.92 Å². The Bertz CT molecular complexity index is 522. The molecule has 0 spiro atoms. The van der Waals surface area contributed by atoms with Crippen molar-refractivity contribution in [1.29, 1.82) is 0 Å². The summed E-state index contributed by atoms with van der Waals surface area (Å²) in [4.78, 5) is 0.381. The lowest BCUT2D eigenvalue weighted by Gasteiger charge is -2.17. The van der Waals surface area contributed by atoms with Crippen LogP contribution in [0.5, 0.6) is 0 Å². The Hall–Kier alpha value is -0.910. The van der Waals surface area contributed by atoms with Crippen LogP contribution >= 0.6 is 0 Å². The highest BCUT2D eigenvalue weighted by atomic mass is 32.2. The Balaban J connectivity index is 2.30. The van der Waals surface area contributed by atoms with Crippen molar-refractivity contribution in [2.45, 2.75) is 30.2 Å². The molecule has 1 fully saturated rings. The van der Waals surface area contributed by atoms with Gasteiger partial charge in [-0.05, 0) is 36.8 Å². The molecule has 0 saturated heterocycles. The summed E-state index contributed by atoms with van der Waals surface area (Å²) in [5.41, 5.74) is 6.92. The standard InChI is InChI=1S/C13H20N2O2S/c1-15(2)18(16,17)13-6-4-3-5-11(13)9-12(14)10-7-8-10/h3-6,10,12H,7-9,14H2,1-2H3. The zero-order valence-electron chi connectivity index (χ0n) is 10.8. The second-order valence-electron chi connectivity index (χ2n) is 5.10. The summed E-state index contributed by atoms with van der Waals surface area (Å²) in [6.07, 6.45) is 2.97. The van der Waals surface area contributed by atoms with Crippen LogP contribution in [0.1, 0.15) is 18.4 Å². The fourth-order valence-corrected chi connectivity index (χ4v) is 3.19. The summed E-state index contributed by atoms with van der Waals surface area (Å²) in [6.45, 7) is 0. The van der Waals surface area contributed by atoms with Gasteiger partial charge < -0.3 is 5.73 Å². The highest BCUT2D eigenvalue weighted by molar-refractivity contribution is 7.89. The lowest BCUT2D eigenvalue weighted by Crippen LogP contribution is -2.28. The van der Waals surface area contributed by atoms with Gasteiger partial charge in [-0.1, -0.05) is 18.2 Å². The third-order valence-electron chi connectivity index (χ3n) is 3.41. The number of nitrogens with zero attached hydrogens (tertiary/aromatic N) is 1. The first-order chi connectivity index (χ1) is 8.43. The van der Waals surface area contributed by atoms with E-state index in [1.54, 1.807) is 26.2 Å². The summed E-state index contributed by atoms with van der Waals surface area (Å²) in [7, 11) is -0.284. The molecule has 0 radical (unpaired) electrons. The third-order valence-corrected chi connectivity index (χ3v) is 5.33. The van der Waals surface area contributed by atoms with E-state index < -0.39 is 10.0 Å². The predicted octanol–water partition coefficient (Wildman–Crippen LogP) is 1.22. The van der Waals surface area contributed by atoms with Crippen LogP contribution in [0.15, 0.2) is 29.2 Å². The number of nitrogens with two attached hydrogens (primary N) is 1. The molecule has 4 nitrogen and oxygen atoms in total. The Labute approximate surface area is 109 Å². The molecule has 1 aromatic carbocycles. The fourth-order valence-electron chi connectivity index (χ4n) is 2.07. The smallest absolute Gasteiger partial charge is 0.242 e. The highest BCUT2D eigenvalue weighted by Gasteiger charge is 2.30. The van der Waals surface area contributed by atoms with E-state index in [9.17, 15) is 8.42 Å². The summed E-state index contributed by atoms with van der Waals surface area (Å²) < 4.78 is 25.7. The van der Waals surface area contributed by atoms with Gasteiger partial charge in [-0.3, -0.25) is 0 Å². The van der Waals surface area contributed by atoms with Gasteiger partial charge in [0, 0.05) is 20.1 Å². The van der Waals surface area contributed by atoms with Gasteiger partial charge >= 0.3 is 0 Å². The Morgan fingerprint density at radius 1 is 1.33 bits per heavy atom. The average molecular weight is 268 g/mol. The predicted molar refractivity (Wildman–Crippen MR) is 71.7 cm³/mol.